The van der Waals surface area contributed by atoms with Crippen molar-refractivity contribution in [3.63, 3.8) is 0 Å². The Morgan fingerprint density at radius 2 is 2.00 bits per heavy atom. The Bertz CT molecular complexity index is 644. The van der Waals surface area contributed by atoms with E-state index in [-0.39, 0.29) is 17.6 Å². The van der Waals surface area contributed by atoms with Crippen molar-refractivity contribution in [1.82, 2.24) is 8.96 Å². The number of aromatic nitrogens is 2. The fraction of sp³-hybridized carbons (Fsp3) is 0.364. The molecule has 0 bridgehead atoms. The van der Waals surface area contributed by atoms with E-state index >= 15 is 0 Å². The van der Waals surface area contributed by atoms with Crippen LogP contribution in [0.3, 0.4) is 0 Å². The minimum absolute atomic E-state index is 0.0202. The molecule has 0 amide bonds. The lowest BCUT2D eigenvalue weighted by Crippen LogP contribution is -2.21. The zero-order valence-corrected chi connectivity index (χ0v) is 10.6. The summed E-state index contributed by atoms with van der Waals surface area (Å²) >= 11 is 0. The third-order valence-electron chi connectivity index (χ3n) is 2.37. The van der Waals surface area contributed by atoms with Crippen molar-refractivity contribution in [1.29, 1.82) is 0 Å². The fourth-order valence-corrected chi connectivity index (χ4v) is 3.58. The molecule has 6 heteroatoms. The van der Waals surface area contributed by atoms with Gasteiger partial charge in [0.15, 0.2) is 0 Å². The number of hydrogen-bond donors (Lipinski definition) is 1. The molecule has 2 aromatic rings. The Morgan fingerprint density at radius 3 is 2.65 bits per heavy atom. The average molecular weight is 253 g/mol. The van der Waals surface area contributed by atoms with Crippen LogP contribution in [0.15, 0.2) is 24.3 Å². The SMILES string of the molecule is CC(C)CS(=O)(=O)n1c(N)nc2ccccc21. The summed E-state index contributed by atoms with van der Waals surface area (Å²) in [5.74, 6) is 0.116. The molecule has 0 spiro atoms. The van der Waals surface area contributed by atoms with Crippen LogP contribution in [-0.2, 0) is 10.0 Å². The van der Waals surface area contributed by atoms with Crippen LogP contribution in [0, 0.1) is 5.92 Å². The normalized spacial score (nSPS) is 12.4. The molecule has 2 N–H and O–H groups in total. The molecule has 0 fully saturated rings. The number of rotatable bonds is 3. The van der Waals surface area contributed by atoms with E-state index in [1.54, 1.807) is 24.3 Å². The molecule has 0 radical (unpaired) electrons. The van der Waals surface area contributed by atoms with Crippen molar-refractivity contribution in [2.75, 3.05) is 11.5 Å². The van der Waals surface area contributed by atoms with Crippen molar-refractivity contribution in [2.24, 2.45) is 5.92 Å². The zero-order valence-electron chi connectivity index (χ0n) is 9.79. The first-order chi connectivity index (χ1) is 7.92. The first kappa shape index (κ1) is 11.9. The summed E-state index contributed by atoms with van der Waals surface area (Å²) in [6.45, 7) is 3.71. The van der Waals surface area contributed by atoms with Gasteiger partial charge in [-0.2, -0.15) is 0 Å². The number of benzene rings is 1. The maximum Gasteiger partial charge on any atom is 0.242 e. The number of fused-ring (bicyclic) bond motifs is 1. The van der Waals surface area contributed by atoms with Gasteiger partial charge in [0.05, 0.1) is 16.8 Å². The molecule has 0 saturated carbocycles. The second-order valence-electron chi connectivity index (χ2n) is 4.40. The number of nitrogens with two attached hydrogens (primary N) is 1. The minimum atomic E-state index is -3.44. The van der Waals surface area contributed by atoms with E-state index in [9.17, 15) is 8.42 Å². The first-order valence-corrected chi connectivity index (χ1v) is 6.99. The van der Waals surface area contributed by atoms with Crippen molar-refractivity contribution in [2.45, 2.75) is 13.8 Å². The maximum absolute atomic E-state index is 12.2. The molecule has 2 rings (SSSR count). The summed E-state index contributed by atoms with van der Waals surface area (Å²) in [6, 6.07) is 7.02. The molecular weight excluding hydrogens is 238 g/mol. The standard InChI is InChI=1S/C11H15N3O2S/c1-8(2)7-17(15,16)14-10-6-4-3-5-9(10)13-11(14)12/h3-6,8H,7H2,1-2H3,(H2,12,13). The van der Waals surface area contributed by atoms with Gasteiger partial charge in [0.25, 0.3) is 0 Å². The van der Waals surface area contributed by atoms with E-state index < -0.39 is 10.0 Å². The Morgan fingerprint density at radius 1 is 1.35 bits per heavy atom. The van der Waals surface area contributed by atoms with Crippen LogP contribution < -0.4 is 5.73 Å². The van der Waals surface area contributed by atoms with Crippen LogP contribution in [0.2, 0.25) is 0 Å². The van der Waals surface area contributed by atoms with Gasteiger partial charge >= 0.3 is 0 Å². The van der Waals surface area contributed by atoms with Crippen molar-refractivity contribution < 1.29 is 8.42 Å². The number of imidazole rings is 1. The van der Waals surface area contributed by atoms with Crippen LogP contribution in [0.4, 0.5) is 5.95 Å². The van der Waals surface area contributed by atoms with Gasteiger partial charge in [-0.25, -0.2) is 17.4 Å². The highest BCUT2D eigenvalue weighted by molar-refractivity contribution is 7.90. The maximum atomic E-state index is 12.2. The Balaban J connectivity index is 2.66. The quantitative estimate of drug-likeness (QED) is 0.898. The molecule has 1 heterocycles. The highest BCUT2D eigenvalue weighted by atomic mass is 32.2. The second-order valence-corrected chi connectivity index (χ2v) is 6.26. The van der Waals surface area contributed by atoms with Crippen LogP contribution >= 0.6 is 0 Å². The molecule has 92 valence electrons. The summed E-state index contributed by atoms with van der Waals surface area (Å²) in [4.78, 5) is 4.05. The van der Waals surface area contributed by atoms with Crippen LogP contribution in [0.1, 0.15) is 13.8 Å². The van der Waals surface area contributed by atoms with Crippen LogP contribution in [0.25, 0.3) is 11.0 Å². The van der Waals surface area contributed by atoms with Crippen LogP contribution in [0.5, 0.6) is 0 Å². The van der Waals surface area contributed by atoms with Gasteiger partial charge in [0.1, 0.15) is 0 Å². The highest BCUT2D eigenvalue weighted by Gasteiger charge is 2.21. The predicted octanol–water partition coefficient (Wildman–Crippen LogP) is 1.45. The Hall–Kier alpha value is -1.56. The Labute approximate surface area is 100 Å². The molecule has 0 atom stereocenters. The average Bonchev–Trinajstić information content (AvgIpc) is 2.51. The van der Waals surface area contributed by atoms with Crippen LogP contribution in [-0.4, -0.2) is 23.1 Å². The highest BCUT2D eigenvalue weighted by Crippen LogP contribution is 2.20. The molecule has 0 aliphatic rings. The number of para-hydroxylation sites is 2. The van der Waals surface area contributed by atoms with E-state index in [1.807, 2.05) is 13.8 Å². The van der Waals surface area contributed by atoms with Gasteiger partial charge in [-0.05, 0) is 18.1 Å². The minimum Gasteiger partial charge on any atom is -0.368 e. The van der Waals surface area contributed by atoms with Crippen molar-refractivity contribution in [3.8, 4) is 0 Å². The van der Waals surface area contributed by atoms with E-state index in [0.717, 1.165) is 3.97 Å². The van der Waals surface area contributed by atoms with Gasteiger partial charge in [-0.15, -0.1) is 0 Å². The van der Waals surface area contributed by atoms with Crippen molar-refractivity contribution in [3.05, 3.63) is 24.3 Å². The lowest BCUT2D eigenvalue weighted by molar-refractivity contribution is 0.576. The largest absolute Gasteiger partial charge is 0.368 e. The van der Waals surface area contributed by atoms with Gasteiger partial charge < -0.3 is 5.73 Å². The smallest absolute Gasteiger partial charge is 0.242 e. The first-order valence-electron chi connectivity index (χ1n) is 5.38. The second kappa shape index (κ2) is 4.03. The molecule has 0 saturated heterocycles. The van der Waals surface area contributed by atoms with E-state index in [0.29, 0.717) is 11.0 Å². The lowest BCUT2D eigenvalue weighted by Gasteiger charge is -2.09. The number of hydrogen-bond acceptors (Lipinski definition) is 4. The van der Waals surface area contributed by atoms with E-state index in [4.69, 9.17) is 5.73 Å². The molecule has 0 aliphatic carbocycles. The molecule has 5 nitrogen and oxygen atoms in total. The third kappa shape index (κ3) is 2.12. The molecule has 1 aromatic heterocycles. The molecule has 0 aliphatic heterocycles. The van der Waals surface area contributed by atoms with Crippen molar-refractivity contribution >= 4 is 27.0 Å². The van der Waals surface area contributed by atoms with E-state index in [2.05, 4.69) is 4.98 Å². The number of nitrogens with zero attached hydrogens (tertiary/aromatic N) is 2. The summed E-state index contributed by atoms with van der Waals surface area (Å²) in [5.41, 5.74) is 6.82. The molecule has 17 heavy (non-hydrogen) atoms. The monoisotopic (exact) mass is 253 g/mol. The number of nitrogen functional groups attached to an aromatic ring is 1. The molecule has 0 unspecified atom stereocenters. The summed E-state index contributed by atoms with van der Waals surface area (Å²) < 4.78 is 25.5. The van der Waals surface area contributed by atoms with Gasteiger partial charge in [-0.3, -0.25) is 0 Å². The van der Waals surface area contributed by atoms with E-state index in [1.165, 1.54) is 0 Å². The lowest BCUT2D eigenvalue weighted by atomic mass is 10.3. The third-order valence-corrected chi connectivity index (χ3v) is 4.39. The fourth-order valence-electron chi connectivity index (χ4n) is 1.81. The summed E-state index contributed by atoms with van der Waals surface area (Å²) in [6.07, 6.45) is 0. The summed E-state index contributed by atoms with van der Waals surface area (Å²) in [5, 5.41) is 0. The van der Waals surface area contributed by atoms with Gasteiger partial charge in [0.2, 0.25) is 16.0 Å². The summed E-state index contributed by atoms with van der Waals surface area (Å²) in [7, 11) is -3.44. The number of anilines is 1. The molecule has 1 aromatic carbocycles. The Kier molecular flexibility index (Phi) is 2.82. The molecular formula is C11H15N3O2S. The predicted molar refractivity (Wildman–Crippen MR) is 68.2 cm³/mol. The zero-order chi connectivity index (χ0) is 12.6. The topological polar surface area (TPSA) is 78.0 Å². The van der Waals surface area contributed by atoms with Gasteiger partial charge in [-0.1, -0.05) is 26.0 Å². The van der Waals surface area contributed by atoms with Gasteiger partial charge in [0, 0.05) is 0 Å².